The molecule has 1 unspecified atom stereocenters. The Labute approximate surface area is 192 Å². The standard InChI is InChI=1S/C25H28N4O4/c30-22(26-20-9-7-18(8-10-20)16-28-12-14-33-15-13-28)17-29-23(31)25(27-24(29)32)11-3-5-19-4-1-2-6-21(19)25/h1-2,4,6-10H,3,5,11-17H2,(H,26,30)(H,27,32). The van der Waals surface area contributed by atoms with Crippen molar-refractivity contribution in [1.29, 1.82) is 0 Å². The zero-order chi connectivity index (χ0) is 22.8. The highest BCUT2D eigenvalue weighted by molar-refractivity contribution is 6.10. The molecule has 2 aromatic carbocycles. The van der Waals surface area contributed by atoms with Crippen molar-refractivity contribution >= 4 is 23.5 Å². The van der Waals surface area contributed by atoms with Crippen molar-refractivity contribution in [1.82, 2.24) is 15.1 Å². The minimum atomic E-state index is -1.06. The molecule has 8 heteroatoms. The van der Waals surface area contributed by atoms with Gasteiger partial charge in [-0.25, -0.2) is 4.79 Å². The van der Waals surface area contributed by atoms with Gasteiger partial charge in [-0.05, 0) is 48.1 Å². The fourth-order valence-corrected chi connectivity index (χ4v) is 5.01. The molecule has 3 aliphatic rings. The van der Waals surface area contributed by atoms with E-state index in [0.29, 0.717) is 12.1 Å². The van der Waals surface area contributed by atoms with Gasteiger partial charge in [0.1, 0.15) is 12.1 Å². The first-order chi connectivity index (χ1) is 16.0. The van der Waals surface area contributed by atoms with Crippen LogP contribution in [0.15, 0.2) is 48.5 Å². The van der Waals surface area contributed by atoms with Crippen molar-refractivity contribution in [3.8, 4) is 0 Å². The number of urea groups is 1. The van der Waals surface area contributed by atoms with Gasteiger partial charge >= 0.3 is 6.03 Å². The van der Waals surface area contributed by atoms with Gasteiger partial charge < -0.3 is 15.4 Å². The number of amides is 4. The number of imide groups is 1. The van der Waals surface area contributed by atoms with Crippen LogP contribution in [0.3, 0.4) is 0 Å². The number of carbonyl (C=O) groups excluding carboxylic acids is 3. The van der Waals surface area contributed by atoms with Gasteiger partial charge in [-0.15, -0.1) is 0 Å². The molecule has 1 atom stereocenters. The highest BCUT2D eigenvalue weighted by atomic mass is 16.5. The number of aryl methyl sites for hydroxylation is 1. The van der Waals surface area contributed by atoms with Gasteiger partial charge in [0.2, 0.25) is 5.91 Å². The first-order valence-electron chi connectivity index (χ1n) is 11.5. The van der Waals surface area contributed by atoms with Gasteiger partial charge in [0, 0.05) is 25.3 Å². The van der Waals surface area contributed by atoms with Crippen LogP contribution in [-0.4, -0.2) is 60.5 Å². The number of carbonyl (C=O) groups is 3. The fourth-order valence-electron chi connectivity index (χ4n) is 5.01. The van der Waals surface area contributed by atoms with Crippen LogP contribution >= 0.6 is 0 Å². The molecule has 2 aliphatic heterocycles. The van der Waals surface area contributed by atoms with E-state index in [2.05, 4.69) is 15.5 Å². The Kier molecular flexibility index (Phi) is 5.86. The van der Waals surface area contributed by atoms with Crippen LogP contribution in [0.5, 0.6) is 0 Å². The second kappa shape index (κ2) is 8.96. The van der Waals surface area contributed by atoms with E-state index in [9.17, 15) is 14.4 Å². The molecule has 2 fully saturated rings. The summed E-state index contributed by atoms with van der Waals surface area (Å²) in [6, 6.07) is 14.8. The number of anilines is 1. The molecule has 2 N–H and O–H groups in total. The Hall–Kier alpha value is -3.23. The lowest BCUT2D eigenvalue weighted by molar-refractivity contribution is -0.134. The van der Waals surface area contributed by atoms with Gasteiger partial charge in [0.05, 0.1) is 13.2 Å². The molecular weight excluding hydrogens is 420 g/mol. The molecule has 2 aromatic rings. The van der Waals surface area contributed by atoms with E-state index in [1.807, 2.05) is 48.5 Å². The predicted molar refractivity (Wildman–Crippen MR) is 122 cm³/mol. The third-order valence-electron chi connectivity index (χ3n) is 6.70. The van der Waals surface area contributed by atoms with Crippen molar-refractivity contribution in [3.05, 3.63) is 65.2 Å². The lowest BCUT2D eigenvalue weighted by Gasteiger charge is -2.33. The molecule has 2 heterocycles. The Bertz CT molecular complexity index is 1060. The number of hydrogen-bond acceptors (Lipinski definition) is 5. The largest absolute Gasteiger partial charge is 0.379 e. The quantitative estimate of drug-likeness (QED) is 0.685. The average molecular weight is 449 g/mol. The van der Waals surface area contributed by atoms with Crippen LogP contribution in [0.4, 0.5) is 10.5 Å². The summed E-state index contributed by atoms with van der Waals surface area (Å²) >= 11 is 0. The zero-order valence-corrected chi connectivity index (χ0v) is 18.5. The highest BCUT2D eigenvalue weighted by Gasteiger charge is 2.54. The molecule has 5 rings (SSSR count). The van der Waals surface area contributed by atoms with Gasteiger partial charge in [-0.2, -0.15) is 0 Å². The van der Waals surface area contributed by atoms with Crippen molar-refractivity contribution < 1.29 is 19.1 Å². The number of hydrogen-bond donors (Lipinski definition) is 2. The SMILES string of the molecule is O=C(CN1C(=O)NC2(CCCc3ccccc32)C1=O)Nc1ccc(CN2CCOCC2)cc1. The molecule has 1 spiro atoms. The van der Waals surface area contributed by atoms with E-state index in [-0.39, 0.29) is 12.5 Å². The third kappa shape index (κ3) is 4.24. The van der Waals surface area contributed by atoms with Crippen LogP contribution in [0.2, 0.25) is 0 Å². The zero-order valence-electron chi connectivity index (χ0n) is 18.5. The van der Waals surface area contributed by atoms with Gasteiger partial charge in [-0.1, -0.05) is 36.4 Å². The van der Waals surface area contributed by atoms with Crippen LogP contribution in [0, 0.1) is 0 Å². The van der Waals surface area contributed by atoms with E-state index in [1.165, 1.54) is 0 Å². The number of ether oxygens (including phenoxy) is 1. The van der Waals surface area contributed by atoms with Crippen LogP contribution in [0.1, 0.15) is 29.5 Å². The van der Waals surface area contributed by atoms with Crippen molar-refractivity contribution in [2.45, 2.75) is 31.3 Å². The van der Waals surface area contributed by atoms with E-state index in [0.717, 1.165) is 67.3 Å². The maximum absolute atomic E-state index is 13.3. The maximum Gasteiger partial charge on any atom is 0.325 e. The highest BCUT2D eigenvalue weighted by Crippen LogP contribution is 2.39. The molecule has 0 bridgehead atoms. The number of morpholine rings is 1. The first kappa shape index (κ1) is 21.6. The molecule has 0 saturated carbocycles. The molecule has 0 aromatic heterocycles. The molecule has 1 aliphatic carbocycles. The fraction of sp³-hybridized carbons (Fsp3) is 0.400. The average Bonchev–Trinajstić information content (AvgIpc) is 3.06. The Morgan fingerprint density at radius 1 is 1.06 bits per heavy atom. The van der Waals surface area contributed by atoms with Crippen LogP contribution < -0.4 is 10.6 Å². The minimum absolute atomic E-state index is 0.315. The Morgan fingerprint density at radius 2 is 1.82 bits per heavy atom. The Morgan fingerprint density at radius 3 is 2.61 bits per heavy atom. The summed E-state index contributed by atoms with van der Waals surface area (Å²) < 4.78 is 5.38. The smallest absolute Gasteiger partial charge is 0.325 e. The summed E-state index contributed by atoms with van der Waals surface area (Å²) in [6.07, 6.45) is 2.22. The summed E-state index contributed by atoms with van der Waals surface area (Å²) in [5, 5.41) is 5.69. The molecule has 4 amide bonds. The van der Waals surface area contributed by atoms with E-state index >= 15 is 0 Å². The second-order valence-electron chi connectivity index (χ2n) is 8.87. The van der Waals surface area contributed by atoms with Crippen LogP contribution in [-0.2, 0) is 32.8 Å². The van der Waals surface area contributed by atoms with Gasteiger partial charge in [-0.3, -0.25) is 19.4 Å². The number of fused-ring (bicyclic) bond motifs is 2. The molecule has 0 radical (unpaired) electrons. The summed E-state index contributed by atoms with van der Waals surface area (Å²) in [5.74, 6) is -0.753. The van der Waals surface area contributed by atoms with Gasteiger partial charge in [0.25, 0.3) is 5.91 Å². The first-order valence-corrected chi connectivity index (χ1v) is 11.5. The lowest BCUT2D eigenvalue weighted by Crippen LogP contribution is -2.47. The topological polar surface area (TPSA) is 91.0 Å². The van der Waals surface area contributed by atoms with Crippen molar-refractivity contribution in [3.63, 3.8) is 0 Å². The van der Waals surface area contributed by atoms with Crippen LogP contribution in [0.25, 0.3) is 0 Å². The predicted octanol–water partition coefficient (Wildman–Crippen LogP) is 2.24. The number of benzene rings is 2. The van der Waals surface area contributed by atoms with E-state index < -0.39 is 17.5 Å². The third-order valence-corrected chi connectivity index (χ3v) is 6.70. The van der Waals surface area contributed by atoms with Crippen molar-refractivity contribution in [2.75, 3.05) is 38.2 Å². The minimum Gasteiger partial charge on any atom is -0.379 e. The maximum atomic E-state index is 13.3. The summed E-state index contributed by atoms with van der Waals surface area (Å²) in [5.41, 5.74) is 2.64. The normalized spacial score (nSPS) is 22.8. The monoisotopic (exact) mass is 448 g/mol. The number of nitrogens with zero attached hydrogens (tertiary/aromatic N) is 2. The van der Waals surface area contributed by atoms with E-state index in [1.54, 1.807) is 0 Å². The van der Waals surface area contributed by atoms with Crippen molar-refractivity contribution in [2.24, 2.45) is 0 Å². The summed E-state index contributed by atoms with van der Waals surface area (Å²) in [4.78, 5) is 42.0. The molecule has 8 nitrogen and oxygen atoms in total. The summed E-state index contributed by atoms with van der Waals surface area (Å²) in [7, 11) is 0. The molecule has 2 saturated heterocycles. The second-order valence-corrected chi connectivity index (χ2v) is 8.87. The molecular formula is C25H28N4O4. The lowest BCUT2D eigenvalue weighted by atomic mass is 9.76. The summed E-state index contributed by atoms with van der Waals surface area (Å²) in [6.45, 7) is 3.86. The molecule has 172 valence electrons. The van der Waals surface area contributed by atoms with E-state index in [4.69, 9.17) is 4.74 Å². The van der Waals surface area contributed by atoms with Gasteiger partial charge in [0.15, 0.2) is 0 Å². The number of rotatable bonds is 5. The molecule has 33 heavy (non-hydrogen) atoms. The Balaban J connectivity index is 1.22. The number of nitrogens with one attached hydrogen (secondary N) is 2.